The highest BCUT2D eigenvalue weighted by atomic mass is 19.2. The molecule has 0 bridgehead atoms. The van der Waals surface area contributed by atoms with E-state index in [2.05, 4.69) is 25.8 Å². The Balaban J connectivity index is 1.45. The third-order valence-corrected chi connectivity index (χ3v) is 4.60. The van der Waals surface area contributed by atoms with Crippen molar-refractivity contribution < 1.29 is 27.5 Å². The summed E-state index contributed by atoms with van der Waals surface area (Å²) in [5.74, 6) is -4.16. The van der Waals surface area contributed by atoms with Gasteiger partial charge in [-0.25, -0.2) is 18.2 Å². The Morgan fingerprint density at radius 2 is 2.06 bits per heavy atom. The van der Waals surface area contributed by atoms with Gasteiger partial charge in [-0.3, -0.25) is 14.7 Å². The molecular weight excluding hydrogens is 415 g/mol. The number of halogens is 3. The normalized spacial score (nSPS) is 15.5. The van der Waals surface area contributed by atoms with Crippen LogP contribution >= 0.6 is 0 Å². The van der Waals surface area contributed by atoms with Crippen molar-refractivity contribution in [2.45, 2.75) is 19.4 Å². The van der Waals surface area contributed by atoms with Gasteiger partial charge in [-0.05, 0) is 36.2 Å². The third-order valence-electron chi connectivity index (χ3n) is 4.60. The van der Waals surface area contributed by atoms with E-state index >= 15 is 0 Å². The van der Waals surface area contributed by atoms with Gasteiger partial charge in [-0.15, -0.1) is 5.10 Å². The number of anilines is 1. The monoisotopic (exact) mass is 431 g/mol. The Morgan fingerprint density at radius 1 is 1.26 bits per heavy atom. The van der Waals surface area contributed by atoms with Crippen LogP contribution in [-0.4, -0.2) is 39.6 Å². The molecule has 0 spiro atoms. The van der Waals surface area contributed by atoms with Crippen LogP contribution in [0.15, 0.2) is 30.3 Å². The lowest BCUT2D eigenvalue weighted by Crippen LogP contribution is -2.46. The summed E-state index contributed by atoms with van der Waals surface area (Å²) < 4.78 is 46.7. The summed E-state index contributed by atoms with van der Waals surface area (Å²) >= 11 is 0. The summed E-state index contributed by atoms with van der Waals surface area (Å²) in [5, 5.41) is 11.0. The second kappa shape index (κ2) is 8.09. The van der Waals surface area contributed by atoms with Gasteiger partial charge in [0.2, 0.25) is 5.82 Å². The zero-order chi connectivity index (χ0) is 22.1. The van der Waals surface area contributed by atoms with Crippen LogP contribution < -0.4 is 15.4 Å². The Labute approximate surface area is 173 Å². The van der Waals surface area contributed by atoms with Crippen molar-refractivity contribution >= 4 is 17.5 Å². The van der Waals surface area contributed by atoms with Gasteiger partial charge in [0.25, 0.3) is 11.8 Å². The van der Waals surface area contributed by atoms with Crippen molar-refractivity contribution in [1.29, 1.82) is 0 Å². The first-order chi connectivity index (χ1) is 14.8. The number of nitrogens with one attached hydrogen (secondary N) is 3. The first-order valence-electron chi connectivity index (χ1n) is 9.20. The number of benzene rings is 2. The molecule has 160 valence electrons. The Kier molecular flexibility index (Phi) is 5.32. The Hall–Kier alpha value is -3.89. The molecule has 1 aliphatic heterocycles. The van der Waals surface area contributed by atoms with E-state index in [1.54, 1.807) is 13.0 Å². The molecule has 0 saturated heterocycles. The second-order valence-corrected chi connectivity index (χ2v) is 6.94. The van der Waals surface area contributed by atoms with Crippen LogP contribution in [0.5, 0.6) is 5.75 Å². The SMILES string of the molecule is Cc1cc(F)c2c(c1)OC[C@H](NC(=O)c1n[nH]c(Cc3cccc(F)c3F)n1)C(=O)N2. The number of nitrogens with zero attached hydrogens (tertiary/aromatic N) is 2. The molecule has 1 atom stereocenters. The highest BCUT2D eigenvalue weighted by Gasteiger charge is 2.29. The minimum atomic E-state index is -1.14. The molecule has 2 aromatic carbocycles. The fraction of sp³-hybridized carbons (Fsp3) is 0.200. The van der Waals surface area contributed by atoms with Crippen LogP contribution in [0.4, 0.5) is 18.9 Å². The maximum Gasteiger partial charge on any atom is 0.291 e. The van der Waals surface area contributed by atoms with Crippen molar-refractivity contribution in [1.82, 2.24) is 20.5 Å². The van der Waals surface area contributed by atoms with E-state index in [4.69, 9.17) is 4.74 Å². The van der Waals surface area contributed by atoms with E-state index in [9.17, 15) is 22.8 Å². The molecule has 0 saturated carbocycles. The molecule has 1 aliphatic rings. The molecule has 8 nitrogen and oxygen atoms in total. The smallest absolute Gasteiger partial charge is 0.291 e. The molecule has 3 aromatic rings. The fourth-order valence-electron chi connectivity index (χ4n) is 3.08. The highest BCUT2D eigenvalue weighted by Crippen LogP contribution is 2.31. The van der Waals surface area contributed by atoms with E-state index in [1.165, 1.54) is 18.2 Å². The third kappa shape index (κ3) is 4.20. The van der Waals surface area contributed by atoms with Gasteiger partial charge in [-0.1, -0.05) is 12.1 Å². The van der Waals surface area contributed by atoms with E-state index < -0.39 is 35.3 Å². The number of aryl methyl sites for hydroxylation is 1. The molecule has 11 heteroatoms. The summed E-state index contributed by atoms with van der Waals surface area (Å²) in [6.45, 7) is 1.44. The average molecular weight is 431 g/mol. The number of ether oxygens (including phenoxy) is 1. The summed E-state index contributed by atoms with van der Waals surface area (Å²) in [6.07, 6.45) is -0.120. The van der Waals surface area contributed by atoms with Crippen molar-refractivity contribution in [3.63, 3.8) is 0 Å². The van der Waals surface area contributed by atoms with Gasteiger partial charge in [0.1, 0.15) is 29.9 Å². The lowest BCUT2D eigenvalue weighted by Gasteiger charge is -2.13. The van der Waals surface area contributed by atoms with Crippen LogP contribution in [0, 0.1) is 24.4 Å². The zero-order valence-corrected chi connectivity index (χ0v) is 16.1. The summed E-state index contributed by atoms with van der Waals surface area (Å²) in [6, 6.07) is 5.40. The van der Waals surface area contributed by atoms with Crippen LogP contribution in [0.3, 0.4) is 0 Å². The molecule has 2 heterocycles. The van der Waals surface area contributed by atoms with Crippen molar-refractivity contribution in [3.05, 3.63) is 70.6 Å². The molecule has 3 N–H and O–H groups in total. The number of carbonyl (C=O) groups is 2. The predicted octanol–water partition coefficient (Wildman–Crippen LogP) is 2.25. The molecule has 31 heavy (non-hydrogen) atoms. The minimum absolute atomic E-state index is 0.0368. The van der Waals surface area contributed by atoms with Crippen molar-refractivity contribution in [2.24, 2.45) is 0 Å². The Bertz CT molecular complexity index is 1180. The molecule has 2 amide bonds. The summed E-state index contributed by atoms with van der Waals surface area (Å²) in [4.78, 5) is 28.8. The van der Waals surface area contributed by atoms with Gasteiger partial charge >= 0.3 is 0 Å². The van der Waals surface area contributed by atoms with Gasteiger partial charge in [-0.2, -0.15) is 0 Å². The second-order valence-electron chi connectivity index (χ2n) is 6.94. The quantitative estimate of drug-likeness (QED) is 0.587. The van der Waals surface area contributed by atoms with E-state index in [-0.39, 0.29) is 41.7 Å². The number of hydrogen-bond acceptors (Lipinski definition) is 5. The standard InChI is InChI=1S/C20H16F3N5O3/c1-9-5-12(22)17-14(6-9)31-8-13(19(29)26-17)24-20(30)18-25-15(27-28-18)7-10-3-2-4-11(21)16(10)23/h2-6,13H,7-8H2,1H3,(H,24,30)(H,26,29)(H,25,27,28)/t13-/m0/s1. The summed E-state index contributed by atoms with van der Waals surface area (Å²) in [7, 11) is 0. The van der Waals surface area contributed by atoms with Gasteiger partial charge in [0.15, 0.2) is 17.5 Å². The lowest BCUT2D eigenvalue weighted by molar-refractivity contribution is -0.118. The first-order valence-corrected chi connectivity index (χ1v) is 9.20. The molecular formula is C20H16F3N5O3. The van der Waals surface area contributed by atoms with Crippen LogP contribution in [0.2, 0.25) is 0 Å². The Morgan fingerprint density at radius 3 is 2.87 bits per heavy atom. The summed E-state index contributed by atoms with van der Waals surface area (Å²) in [5.41, 5.74) is 0.537. The van der Waals surface area contributed by atoms with Gasteiger partial charge in [0.05, 0.1) is 0 Å². The number of carbonyl (C=O) groups excluding carboxylic acids is 2. The minimum Gasteiger partial charge on any atom is -0.489 e. The largest absolute Gasteiger partial charge is 0.489 e. The van der Waals surface area contributed by atoms with Crippen LogP contribution in [0.1, 0.15) is 27.6 Å². The average Bonchev–Trinajstić information content (AvgIpc) is 3.13. The lowest BCUT2D eigenvalue weighted by atomic mass is 10.1. The van der Waals surface area contributed by atoms with E-state index in [1.807, 2.05) is 0 Å². The number of H-pyrrole nitrogens is 1. The van der Waals surface area contributed by atoms with Crippen LogP contribution in [-0.2, 0) is 11.2 Å². The van der Waals surface area contributed by atoms with Gasteiger partial charge < -0.3 is 15.4 Å². The molecule has 1 aromatic heterocycles. The van der Waals surface area contributed by atoms with Crippen LogP contribution in [0.25, 0.3) is 0 Å². The van der Waals surface area contributed by atoms with E-state index in [0.29, 0.717) is 5.56 Å². The number of fused-ring (bicyclic) bond motifs is 1. The number of aromatic amines is 1. The zero-order valence-electron chi connectivity index (χ0n) is 16.1. The maximum atomic E-state index is 14.1. The van der Waals surface area contributed by atoms with E-state index in [0.717, 1.165) is 6.07 Å². The molecule has 0 fully saturated rings. The van der Waals surface area contributed by atoms with Gasteiger partial charge in [0, 0.05) is 6.42 Å². The number of hydrogen-bond donors (Lipinski definition) is 3. The number of amides is 2. The van der Waals surface area contributed by atoms with Crippen molar-refractivity contribution in [3.8, 4) is 5.75 Å². The number of aromatic nitrogens is 3. The molecule has 0 aliphatic carbocycles. The fourth-order valence-corrected chi connectivity index (χ4v) is 3.08. The first kappa shape index (κ1) is 20.4. The molecule has 4 rings (SSSR count). The predicted molar refractivity (Wildman–Crippen MR) is 102 cm³/mol. The van der Waals surface area contributed by atoms with Crippen molar-refractivity contribution in [2.75, 3.05) is 11.9 Å². The highest BCUT2D eigenvalue weighted by molar-refractivity contribution is 6.01. The molecule has 0 radical (unpaired) electrons. The number of rotatable bonds is 4. The molecule has 0 unspecified atom stereocenters. The topological polar surface area (TPSA) is 109 Å². The maximum absolute atomic E-state index is 14.1.